The maximum absolute atomic E-state index is 12.9. The fraction of sp³-hybridized carbons (Fsp3) is 0.500. The number of sulfonamides is 1. The average Bonchev–Trinajstić information content (AvgIpc) is 2.37. The number of hydrogen-bond donors (Lipinski definition) is 1. The third-order valence-electron chi connectivity index (χ3n) is 3.48. The minimum atomic E-state index is -3.58. The van der Waals surface area contributed by atoms with Crippen molar-refractivity contribution in [2.75, 3.05) is 19.7 Å². The predicted octanol–water partition coefficient (Wildman–Crippen LogP) is 1.43. The maximum Gasteiger partial charge on any atom is 0.243 e. The van der Waals surface area contributed by atoms with Gasteiger partial charge in [0.15, 0.2) is 0 Å². The van der Waals surface area contributed by atoms with Crippen LogP contribution < -0.4 is 5.73 Å². The maximum atomic E-state index is 12.9. The first-order valence-electron chi connectivity index (χ1n) is 6.68. The van der Waals surface area contributed by atoms with Gasteiger partial charge >= 0.3 is 0 Å². The molecule has 0 spiro atoms. The molecule has 0 aromatic heterocycles. The highest BCUT2D eigenvalue weighted by Crippen LogP contribution is 2.26. The van der Waals surface area contributed by atoms with Gasteiger partial charge in [-0.25, -0.2) is 8.42 Å². The second kappa shape index (κ2) is 5.64. The van der Waals surface area contributed by atoms with E-state index in [-0.39, 0.29) is 9.88 Å². The van der Waals surface area contributed by atoms with Crippen molar-refractivity contribution in [1.82, 2.24) is 4.31 Å². The molecule has 0 aliphatic carbocycles. The molecule has 5 nitrogen and oxygen atoms in total. The van der Waals surface area contributed by atoms with Crippen molar-refractivity contribution in [3.05, 3.63) is 29.3 Å². The number of thiocarbonyl (C=S) groups is 1. The number of nitrogens with two attached hydrogens (primary N) is 1. The Balaban J connectivity index is 2.44. The highest BCUT2D eigenvalue weighted by atomic mass is 32.2. The summed E-state index contributed by atoms with van der Waals surface area (Å²) in [5.74, 6) is 0. The van der Waals surface area contributed by atoms with Gasteiger partial charge < -0.3 is 10.5 Å². The van der Waals surface area contributed by atoms with Crippen molar-refractivity contribution in [2.45, 2.75) is 31.3 Å². The summed E-state index contributed by atoms with van der Waals surface area (Å²) in [6, 6.07) is 5.02. The van der Waals surface area contributed by atoms with Crippen molar-refractivity contribution in [1.29, 1.82) is 0 Å². The van der Waals surface area contributed by atoms with Crippen LogP contribution in [-0.2, 0) is 14.8 Å². The Morgan fingerprint density at radius 2 is 2.10 bits per heavy atom. The molecule has 21 heavy (non-hydrogen) atoms. The first kappa shape index (κ1) is 16.4. The molecule has 0 amide bonds. The van der Waals surface area contributed by atoms with E-state index in [1.54, 1.807) is 25.1 Å². The second-order valence-corrected chi connectivity index (χ2v) is 8.14. The lowest BCUT2D eigenvalue weighted by molar-refractivity contribution is -0.0640. The van der Waals surface area contributed by atoms with Crippen LogP contribution in [-0.4, -0.2) is 43.0 Å². The average molecular weight is 328 g/mol. The first-order chi connectivity index (χ1) is 9.63. The lowest BCUT2D eigenvalue weighted by Crippen LogP contribution is -2.50. The van der Waals surface area contributed by atoms with Gasteiger partial charge in [0.2, 0.25) is 10.0 Å². The summed E-state index contributed by atoms with van der Waals surface area (Å²) in [4.78, 5) is 0.444. The molecule has 1 aliphatic rings. The van der Waals surface area contributed by atoms with Crippen LogP contribution in [0.25, 0.3) is 0 Å². The zero-order chi connectivity index (χ0) is 15.8. The van der Waals surface area contributed by atoms with Crippen molar-refractivity contribution in [3.63, 3.8) is 0 Å². The van der Waals surface area contributed by atoms with Crippen molar-refractivity contribution < 1.29 is 13.2 Å². The zero-order valence-electron chi connectivity index (χ0n) is 12.4. The van der Waals surface area contributed by atoms with Gasteiger partial charge in [0, 0.05) is 18.7 Å². The highest BCUT2D eigenvalue weighted by Gasteiger charge is 2.35. The van der Waals surface area contributed by atoms with E-state index in [4.69, 9.17) is 22.7 Å². The van der Waals surface area contributed by atoms with Crippen molar-refractivity contribution in [3.8, 4) is 0 Å². The Hall–Kier alpha value is -1.02. The minimum absolute atomic E-state index is 0.189. The summed E-state index contributed by atoms with van der Waals surface area (Å²) in [5, 5.41) is 0. The second-order valence-electron chi connectivity index (χ2n) is 5.79. The fourth-order valence-corrected chi connectivity index (χ4v) is 4.30. The van der Waals surface area contributed by atoms with E-state index >= 15 is 0 Å². The van der Waals surface area contributed by atoms with Gasteiger partial charge in [-0.1, -0.05) is 24.4 Å². The number of ether oxygens (including phenoxy) is 1. The number of benzene rings is 1. The first-order valence-corrected chi connectivity index (χ1v) is 8.53. The van der Waals surface area contributed by atoms with Crippen LogP contribution in [0.15, 0.2) is 23.1 Å². The summed E-state index contributed by atoms with van der Waals surface area (Å²) in [5.41, 5.74) is 6.35. The van der Waals surface area contributed by atoms with Gasteiger partial charge in [-0.3, -0.25) is 0 Å². The molecule has 1 aromatic carbocycles. The molecule has 0 radical (unpaired) electrons. The molecular formula is C14H20N2O3S2. The third kappa shape index (κ3) is 3.42. The zero-order valence-corrected chi connectivity index (χ0v) is 14.1. The largest absolute Gasteiger partial charge is 0.389 e. The molecule has 0 bridgehead atoms. The third-order valence-corrected chi connectivity index (χ3v) is 5.70. The van der Waals surface area contributed by atoms with Crippen LogP contribution in [0.2, 0.25) is 0 Å². The van der Waals surface area contributed by atoms with E-state index in [1.165, 1.54) is 4.31 Å². The van der Waals surface area contributed by atoms with E-state index in [0.29, 0.717) is 30.8 Å². The molecule has 1 heterocycles. The van der Waals surface area contributed by atoms with Crippen LogP contribution in [0.4, 0.5) is 0 Å². The van der Waals surface area contributed by atoms with E-state index in [1.807, 2.05) is 13.8 Å². The summed E-state index contributed by atoms with van der Waals surface area (Å²) in [6.07, 6.45) is 0. The van der Waals surface area contributed by atoms with Crippen LogP contribution in [0, 0.1) is 6.92 Å². The smallest absolute Gasteiger partial charge is 0.243 e. The van der Waals surface area contributed by atoms with E-state index < -0.39 is 15.6 Å². The Bertz CT molecular complexity index is 669. The molecule has 1 aliphatic heterocycles. The fourth-order valence-electron chi connectivity index (χ4n) is 2.35. The van der Waals surface area contributed by atoms with Gasteiger partial charge in [0.1, 0.15) is 4.99 Å². The molecule has 0 atom stereocenters. The Morgan fingerprint density at radius 1 is 1.43 bits per heavy atom. The van der Waals surface area contributed by atoms with Gasteiger partial charge in [-0.05, 0) is 32.4 Å². The van der Waals surface area contributed by atoms with Gasteiger partial charge in [-0.15, -0.1) is 0 Å². The molecule has 0 saturated carbocycles. The van der Waals surface area contributed by atoms with Crippen molar-refractivity contribution in [2.24, 2.45) is 5.73 Å². The Kier molecular flexibility index (Phi) is 4.39. The van der Waals surface area contributed by atoms with Gasteiger partial charge in [0.05, 0.1) is 17.1 Å². The SMILES string of the molecule is Cc1ccc(C(N)=S)cc1S(=O)(=O)N1CCOC(C)(C)C1. The van der Waals surface area contributed by atoms with Crippen LogP contribution in [0.5, 0.6) is 0 Å². The molecule has 1 saturated heterocycles. The topological polar surface area (TPSA) is 72.6 Å². The number of rotatable bonds is 3. The minimum Gasteiger partial charge on any atom is -0.389 e. The summed E-state index contributed by atoms with van der Waals surface area (Å²) in [6.45, 7) is 6.59. The monoisotopic (exact) mass is 328 g/mol. The van der Waals surface area contributed by atoms with Crippen LogP contribution in [0.3, 0.4) is 0 Å². The molecule has 1 aromatic rings. The molecule has 0 unspecified atom stereocenters. The summed E-state index contributed by atoms with van der Waals surface area (Å²) >= 11 is 4.93. The number of nitrogens with zero attached hydrogens (tertiary/aromatic N) is 1. The lowest BCUT2D eigenvalue weighted by Gasteiger charge is -2.37. The van der Waals surface area contributed by atoms with Gasteiger partial charge in [0.25, 0.3) is 0 Å². The van der Waals surface area contributed by atoms with E-state index in [9.17, 15) is 8.42 Å². The number of morpholine rings is 1. The van der Waals surface area contributed by atoms with E-state index in [2.05, 4.69) is 0 Å². The summed E-state index contributed by atoms with van der Waals surface area (Å²) < 4.78 is 32.7. The number of hydrogen-bond acceptors (Lipinski definition) is 4. The predicted molar refractivity (Wildman–Crippen MR) is 85.9 cm³/mol. The quantitative estimate of drug-likeness (QED) is 0.850. The molecule has 2 N–H and O–H groups in total. The number of aryl methyl sites for hydroxylation is 1. The standard InChI is InChI=1S/C14H20N2O3S2/c1-10-4-5-11(13(15)20)8-12(10)21(17,18)16-6-7-19-14(2,3)9-16/h4-5,8H,6-7,9H2,1-3H3,(H2,15,20). The highest BCUT2D eigenvalue weighted by molar-refractivity contribution is 7.89. The van der Waals surface area contributed by atoms with Crippen LogP contribution >= 0.6 is 12.2 Å². The van der Waals surface area contributed by atoms with Gasteiger partial charge in [-0.2, -0.15) is 4.31 Å². The molecule has 116 valence electrons. The summed E-state index contributed by atoms with van der Waals surface area (Å²) in [7, 11) is -3.58. The molecule has 1 fully saturated rings. The lowest BCUT2D eigenvalue weighted by atomic mass is 10.1. The Labute approximate surface area is 131 Å². The molecule has 7 heteroatoms. The van der Waals surface area contributed by atoms with E-state index in [0.717, 1.165) is 0 Å². The van der Waals surface area contributed by atoms with Crippen LogP contribution in [0.1, 0.15) is 25.0 Å². The molecule has 2 rings (SSSR count). The molecular weight excluding hydrogens is 308 g/mol. The normalized spacial score (nSPS) is 19.4. The Morgan fingerprint density at radius 3 is 2.67 bits per heavy atom. The van der Waals surface area contributed by atoms with Crippen molar-refractivity contribution >= 4 is 27.2 Å².